The molecule has 0 aliphatic heterocycles. The average molecular weight is 298 g/mol. The Balaban J connectivity index is 2.18. The molecule has 0 radical (unpaired) electrons. The van der Waals surface area contributed by atoms with Crippen LogP contribution in [0.5, 0.6) is 0 Å². The van der Waals surface area contributed by atoms with Gasteiger partial charge in [-0.25, -0.2) is 0 Å². The average Bonchev–Trinajstić information content (AvgIpc) is 3.01. The van der Waals surface area contributed by atoms with Gasteiger partial charge >= 0.3 is 6.18 Å². The van der Waals surface area contributed by atoms with Gasteiger partial charge in [-0.15, -0.1) is 0 Å². The van der Waals surface area contributed by atoms with E-state index in [4.69, 9.17) is 23.2 Å². The number of benzene rings is 1. The van der Waals surface area contributed by atoms with Gasteiger partial charge in [0.15, 0.2) is 0 Å². The predicted octanol–water partition coefficient (Wildman–Crippen LogP) is 4.74. The minimum atomic E-state index is -4.23. The van der Waals surface area contributed by atoms with Gasteiger partial charge in [0.2, 0.25) is 0 Å². The molecule has 1 atom stereocenters. The van der Waals surface area contributed by atoms with Crippen LogP contribution in [-0.4, -0.2) is 11.7 Å². The van der Waals surface area contributed by atoms with Crippen LogP contribution in [0.3, 0.4) is 0 Å². The Hall–Kier alpha value is -0.450. The van der Waals surface area contributed by atoms with Crippen LogP contribution in [0.15, 0.2) is 18.2 Å². The van der Waals surface area contributed by atoms with Crippen LogP contribution in [-0.2, 0) is 0 Å². The van der Waals surface area contributed by atoms with Crippen LogP contribution in [0.1, 0.15) is 31.4 Å². The third-order valence-corrected chi connectivity index (χ3v) is 3.79. The zero-order valence-electron chi connectivity index (χ0n) is 9.61. The largest absolute Gasteiger partial charge is 0.406 e. The molecule has 1 aliphatic carbocycles. The fourth-order valence-corrected chi connectivity index (χ4v) is 2.44. The van der Waals surface area contributed by atoms with Crippen molar-refractivity contribution in [1.82, 2.24) is 5.32 Å². The fraction of sp³-hybridized carbons (Fsp3) is 0.500. The lowest BCUT2D eigenvalue weighted by atomic mass is 10.1. The highest BCUT2D eigenvalue weighted by Gasteiger charge is 2.63. The molecule has 0 heterocycles. The molecule has 0 amide bonds. The second kappa shape index (κ2) is 4.58. The molecule has 0 aromatic heterocycles. The number of hydrogen-bond acceptors (Lipinski definition) is 1. The smallest absolute Gasteiger partial charge is 0.297 e. The number of rotatable bonds is 3. The Morgan fingerprint density at radius 3 is 2.39 bits per heavy atom. The van der Waals surface area contributed by atoms with Crippen molar-refractivity contribution in [1.29, 1.82) is 0 Å². The van der Waals surface area contributed by atoms with E-state index >= 15 is 0 Å². The normalized spacial score (nSPS) is 19.7. The zero-order valence-corrected chi connectivity index (χ0v) is 11.1. The molecule has 1 nitrogen and oxygen atoms in total. The van der Waals surface area contributed by atoms with Crippen molar-refractivity contribution < 1.29 is 13.2 Å². The van der Waals surface area contributed by atoms with Crippen molar-refractivity contribution in [3.8, 4) is 0 Å². The Kier molecular flexibility index (Phi) is 3.56. The zero-order chi connectivity index (χ0) is 13.6. The summed E-state index contributed by atoms with van der Waals surface area (Å²) in [6.07, 6.45) is -4.01. The summed E-state index contributed by atoms with van der Waals surface area (Å²) < 4.78 is 38.5. The molecule has 18 heavy (non-hydrogen) atoms. The summed E-state index contributed by atoms with van der Waals surface area (Å²) in [5, 5.41) is 3.50. The van der Waals surface area contributed by atoms with Crippen LogP contribution >= 0.6 is 23.2 Å². The van der Waals surface area contributed by atoms with Crippen molar-refractivity contribution in [2.75, 3.05) is 0 Å². The van der Waals surface area contributed by atoms with Gasteiger partial charge in [0.1, 0.15) is 5.54 Å². The van der Waals surface area contributed by atoms with Gasteiger partial charge in [-0.3, -0.25) is 5.32 Å². The lowest BCUT2D eigenvalue weighted by molar-refractivity contribution is -0.167. The minimum Gasteiger partial charge on any atom is -0.297 e. The third-order valence-electron chi connectivity index (χ3n) is 3.21. The van der Waals surface area contributed by atoms with Crippen LogP contribution in [0.2, 0.25) is 10.0 Å². The van der Waals surface area contributed by atoms with Gasteiger partial charge in [-0.2, -0.15) is 13.2 Å². The predicted molar refractivity (Wildman–Crippen MR) is 66.0 cm³/mol. The van der Waals surface area contributed by atoms with Gasteiger partial charge < -0.3 is 0 Å². The highest BCUT2D eigenvalue weighted by Crippen LogP contribution is 2.50. The van der Waals surface area contributed by atoms with Crippen molar-refractivity contribution in [3.05, 3.63) is 33.8 Å². The Morgan fingerprint density at radius 2 is 1.89 bits per heavy atom. The first-order valence-corrected chi connectivity index (χ1v) is 6.30. The molecular weight excluding hydrogens is 286 g/mol. The minimum absolute atomic E-state index is 0.110. The second-order valence-corrected chi connectivity index (χ2v) is 5.46. The maximum Gasteiger partial charge on any atom is 0.406 e. The van der Waals surface area contributed by atoms with Gasteiger partial charge in [0, 0.05) is 16.1 Å². The van der Waals surface area contributed by atoms with Crippen LogP contribution in [0.4, 0.5) is 13.2 Å². The Morgan fingerprint density at radius 1 is 1.28 bits per heavy atom. The molecular formula is C12H12Cl2F3N. The highest BCUT2D eigenvalue weighted by molar-refractivity contribution is 6.33. The first-order valence-electron chi connectivity index (χ1n) is 5.54. The molecule has 1 aromatic rings. The van der Waals surface area contributed by atoms with Gasteiger partial charge in [-0.1, -0.05) is 23.2 Å². The van der Waals surface area contributed by atoms with E-state index in [2.05, 4.69) is 5.32 Å². The molecule has 0 bridgehead atoms. The summed E-state index contributed by atoms with van der Waals surface area (Å²) >= 11 is 11.8. The number of alkyl halides is 3. The molecule has 1 saturated carbocycles. The van der Waals surface area contributed by atoms with Crippen molar-refractivity contribution in [3.63, 3.8) is 0 Å². The van der Waals surface area contributed by atoms with Gasteiger partial charge in [0.25, 0.3) is 0 Å². The number of halogens is 5. The maximum atomic E-state index is 12.8. The van der Waals surface area contributed by atoms with Gasteiger partial charge in [0.05, 0.1) is 0 Å². The lowest BCUT2D eigenvalue weighted by Crippen LogP contribution is -2.45. The third kappa shape index (κ3) is 2.60. The van der Waals surface area contributed by atoms with Crippen LogP contribution < -0.4 is 5.32 Å². The van der Waals surface area contributed by atoms with E-state index in [0.29, 0.717) is 15.6 Å². The SMILES string of the molecule is CC(NC1(C(F)(F)F)CC1)c1cc(Cl)ccc1Cl. The number of hydrogen-bond donors (Lipinski definition) is 1. The molecule has 2 rings (SSSR count). The summed E-state index contributed by atoms with van der Waals surface area (Å²) in [4.78, 5) is 0. The van der Waals surface area contributed by atoms with Gasteiger partial charge in [-0.05, 0) is 43.5 Å². The molecule has 1 aromatic carbocycles. The van der Waals surface area contributed by atoms with Crippen molar-refractivity contribution >= 4 is 23.2 Å². The molecule has 1 N–H and O–H groups in total. The van der Waals surface area contributed by atoms with E-state index in [1.54, 1.807) is 25.1 Å². The highest BCUT2D eigenvalue weighted by atomic mass is 35.5. The van der Waals surface area contributed by atoms with E-state index in [1.807, 2.05) is 0 Å². The van der Waals surface area contributed by atoms with E-state index < -0.39 is 17.8 Å². The van der Waals surface area contributed by atoms with Crippen molar-refractivity contribution in [2.24, 2.45) is 0 Å². The summed E-state index contributed by atoms with van der Waals surface area (Å²) in [5.74, 6) is 0. The second-order valence-electron chi connectivity index (χ2n) is 4.61. The van der Waals surface area contributed by atoms with E-state index in [-0.39, 0.29) is 12.8 Å². The molecule has 0 spiro atoms. The quantitative estimate of drug-likeness (QED) is 0.850. The number of nitrogens with one attached hydrogen (secondary N) is 1. The lowest BCUT2D eigenvalue weighted by Gasteiger charge is -2.26. The molecule has 6 heteroatoms. The monoisotopic (exact) mass is 297 g/mol. The van der Waals surface area contributed by atoms with E-state index in [0.717, 1.165) is 0 Å². The summed E-state index contributed by atoms with van der Waals surface area (Å²) in [6.45, 7) is 1.66. The molecule has 1 aliphatic rings. The maximum absolute atomic E-state index is 12.8. The van der Waals surface area contributed by atoms with E-state index in [1.165, 1.54) is 0 Å². The van der Waals surface area contributed by atoms with Crippen molar-refractivity contribution in [2.45, 2.75) is 37.5 Å². The summed E-state index contributed by atoms with van der Waals surface area (Å²) in [5.41, 5.74) is -1.17. The topological polar surface area (TPSA) is 12.0 Å². The van der Waals surface area contributed by atoms with E-state index in [9.17, 15) is 13.2 Å². The Labute approximate surface area is 113 Å². The summed E-state index contributed by atoms with van der Waals surface area (Å²) in [7, 11) is 0. The molecule has 1 unspecified atom stereocenters. The first-order chi connectivity index (χ1) is 8.25. The Bertz CT molecular complexity index is 455. The first kappa shape index (κ1) is 14.0. The molecule has 1 fully saturated rings. The summed E-state index contributed by atoms with van der Waals surface area (Å²) in [6, 6.07) is 4.29. The molecule has 0 saturated heterocycles. The standard InChI is InChI=1S/C12H12Cl2F3N/c1-7(9-6-8(13)2-3-10(9)14)18-11(4-5-11)12(15,16)17/h2-3,6-7,18H,4-5H2,1H3. The van der Waals surface area contributed by atoms with Crippen LogP contribution in [0.25, 0.3) is 0 Å². The molecule has 100 valence electrons. The fourth-order valence-electron chi connectivity index (χ4n) is 1.97. The van der Waals surface area contributed by atoms with Crippen LogP contribution in [0, 0.1) is 0 Å².